The summed E-state index contributed by atoms with van der Waals surface area (Å²) < 4.78 is 10.6. The molecule has 3 rings (SSSR count). The minimum atomic E-state index is -0.197. The molecule has 0 aliphatic heterocycles. The largest absolute Gasteiger partial charge is 0.494 e. The van der Waals surface area contributed by atoms with Crippen molar-refractivity contribution in [3.8, 4) is 5.75 Å². The number of rotatable bonds is 9. The maximum absolute atomic E-state index is 11.6. The second kappa shape index (κ2) is 9.07. The zero-order chi connectivity index (χ0) is 19.1. The number of carbonyl (C=O) groups is 1. The number of hydrogen-bond acceptors (Lipinski definition) is 5. The first kappa shape index (κ1) is 18.8. The summed E-state index contributed by atoms with van der Waals surface area (Å²) in [6.07, 6.45) is 3.27. The smallest absolute Gasteiger partial charge is 0.308 e. The van der Waals surface area contributed by atoms with Gasteiger partial charge in [0, 0.05) is 35.8 Å². The van der Waals surface area contributed by atoms with E-state index in [9.17, 15) is 4.79 Å². The lowest BCUT2D eigenvalue weighted by Crippen LogP contribution is -2.15. The zero-order valence-electron chi connectivity index (χ0n) is 15.7. The van der Waals surface area contributed by atoms with Crippen LogP contribution in [0, 0.1) is 5.92 Å². The number of esters is 1. The highest BCUT2D eigenvalue weighted by molar-refractivity contribution is 5.82. The monoisotopic (exact) mass is 367 g/mol. The van der Waals surface area contributed by atoms with Crippen molar-refractivity contribution in [3.05, 3.63) is 54.4 Å². The summed E-state index contributed by atoms with van der Waals surface area (Å²) in [5.74, 6) is 1.34. The summed E-state index contributed by atoms with van der Waals surface area (Å²) in [6.45, 7) is 3.30. The molecule has 142 valence electrons. The molecule has 0 radical (unpaired) electrons. The van der Waals surface area contributed by atoms with Gasteiger partial charge in [-0.15, -0.1) is 0 Å². The Morgan fingerprint density at radius 2 is 2.15 bits per heavy atom. The third-order valence-electron chi connectivity index (χ3n) is 4.34. The van der Waals surface area contributed by atoms with E-state index in [4.69, 9.17) is 9.47 Å². The molecular weight excluding hydrogens is 342 g/mol. The van der Waals surface area contributed by atoms with Crippen LogP contribution in [0.1, 0.15) is 19.0 Å². The lowest BCUT2D eigenvalue weighted by molar-refractivity contribution is -0.144. The van der Waals surface area contributed by atoms with Crippen LogP contribution in [-0.4, -0.2) is 36.2 Å². The van der Waals surface area contributed by atoms with E-state index in [-0.39, 0.29) is 11.9 Å². The Kier molecular flexibility index (Phi) is 6.30. The number of benzene rings is 1. The number of carbonyl (C=O) groups excluding carboxylic acids is 1. The third-order valence-corrected chi connectivity index (χ3v) is 4.34. The Morgan fingerprint density at radius 1 is 1.26 bits per heavy atom. The molecule has 2 N–H and O–H groups in total. The van der Waals surface area contributed by atoms with Crippen LogP contribution in [0.25, 0.3) is 10.9 Å². The first-order chi connectivity index (χ1) is 13.2. The number of aromatic nitrogens is 2. The van der Waals surface area contributed by atoms with E-state index in [2.05, 4.69) is 21.4 Å². The molecule has 2 aromatic heterocycles. The number of fused-ring (bicyclic) bond motifs is 1. The van der Waals surface area contributed by atoms with E-state index < -0.39 is 0 Å². The maximum atomic E-state index is 11.6. The molecule has 6 heteroatoms. The molecule has 0 spiro atoms. The first-order valence-electron chi connectivity index (χ1n) is 9.13. The summed E-state index contributed by atoms with van der Waals surface area (Å²) >= 11 is 0. The van der Waals surface area contributed by atoms with E-state index in [0.29, 0.717) is 13.0 Å². The highest BCUT2D eigenvalue weighted by Gasteiger charge is 2.15. The van der Waals surface area contributed by atoms with E-state index in [1.165, 1.54) is 7.11 Å². The van der Waals surface area contributed by atoms with Gasteiger partial charge in [0.1, 0.15) is 11.6 Å². The molecule has 0 aliphatic rings. The minimum absolute atomic E-state index is 0.176. The molecule has 3 aromatic rings. The van der Waals surface area contributed by atoms with Crippen LogP contribution in [0.3, 0.4) is 0 Å². The van der Waals surface area contributed by atoms with Gasteiger partial charge in [-0.25, -0.2) is 4.98 Å². The Bertz CT molecular complexity index is 877. The van der Waals surface area contributed by atoms with Gasteiger partial charge in [0.2, 0.25) is 0 Å². The normalized spacial score (nSPS) is 11.9. The van der Waals surface area contributed by atoms with Crippen LogP contribution < -0.4 is 10.1 Å². The second-order valence-corrected chi connectivity index (χ2v) is 6.52. The molecular formula is C21H25N3O3. The molecule has 0 fully saturated rings. The number of aromatic amines is 1. The fourth-order valence-electron chi connectivity index (χ4n) is 2.93. The number of anilines is 1. The molecule has 1 unspecified atom stereocenters. The van der Waals surface area contributed by atoms with Crippen molar-refractivity contribution >= 4 is 22.7 Å². The van der Waals surface area contributed by atoms with Gasteiger partial charge in [-0.05, 0) is 42.8 Å². The standard InChI is InChI=1S/C21H25N3O3/c1-15(21(25)26-2)12-17-13-16-14-18(7-8-19(16)24-17)27-11-5-10-23-20-6-3-4-9-22-20/h3-4,6-9,13-15,24H,5,10-12H2,1-2H3,(H,22,23). The summed E-state index contributed by atoms with van der Waals surface area (Å²) in [4.78, 5) is 19.2. The van der Waals surface area contributed by atoms with Crippen molar-refractivity contribution in [1.82, 2.24) is 9.97 Å². The van der Waals surface area contributed by atoms with Crippen LogP contribution in [0.2, 0.25) is 0 Å². The molecule has 0 saturated heterocycles. The lowest BCUT2D eigenvalue weighted by Gasteiger charge is -2.07. The van der Waals surface area contributed by atoms with Crippen molar-refractivity contribution in [1.29, 1.82) is 0 Å². The van der Waals surface area contributed by atoms with Gasteiger partial charge in [0.25, 0.3) is 0 Å². The number of nitrogens with zero attached hydrogens (tertiary/aromatic N) is 1. The van der Waals surface area contributed by atoms with Gasteiger partial charge in [-0.2, -0.15) is 0 Å². The molecule has 0 aliphatic carbocycles. The number of pyridine rings is 1. The van der Waals surface area contributed by atoms with E-state index in [0.717, 1.165) is 41.1 Å². The Hall–Kier alpha value is -3.02. The van der Waals surface area contributed by atoms with Crippen LogP contribution in [0.5, 0.6) is 5.75 Å². The molecule has 0 bridgehead atoms. The maximum Gasteiger partial charge on any atom is 0.308 e. The quantitative estimate of drug-likeness (QED) is 0.444. The Morgan fingerprint density at radius 3 is 2.93 bits per heavy atom. The molecule has 27 heavy (non-hydrogen) atoms. The average Bonchev–Trinajstić information content (AvgIpc) is 3.09. The van der Waals surface area contributed by atoms with Crippen LogP contribution in [0.4, 0.5) is 5.82 Å². The predicted molar refractivity (Wildman–Crippen MR) is 106 cm³/mol. The summed E-state index contributed by atoms with van der Waals surface area (Å²) in [5, 5.41) is 4.34. The Labute approximate surface area is 158 Å². The molecule has 1 atom stereocenters. The number of hydrogen-bond donors (Lipinski definition) is 2. The van der Waals surface area contributed by atoms with Gasteiger partial charge in [0.05, 0.1) is 19.6 Å². The minimum Gasteiger partial charge on any atom is -0.494 e. The number of methoxy groups -OCH3 is 1. The SMILES string of the molecule is COC(=O)C(C)Cc1cc2cc(OCCCNc3ccccn3)ccc2[nH]1. The highest BCUT2D eigenvalue weighted by Crippen LogP contribution is 2.23. The number of ether oxygens (including phenoxy) is 2. The van der Waals surface area contributed by atoms with E-state index in [1.54, 1.807) is 6.20 Å². The molecule has 0 saturated carbocycles. The number of H-pyrrole nitrogens is 1. The average molecular weight is 367 g/mol. The van der Waals surface area contributed by atoms with Crippen molar-refractivity contribution in [2.75, 3.05) is 25.6 Å². The van der Waals surface area contributed by atoms with Gasteiger partial charge in [0.15, 0.2) is 0 Å². The summed E-state index contributed by atoms with van der Waals surface area (Å²) in [7, 11) is 1.42. The first-order valence-corrected chi connectivity index (χ1v) is 9.13. The summed E-state index contributed by atoms with van der Waals surface area (Å²) in [6, 6.07) is 13.8. The van der Waals surface area contributed by atoms with Gasteiger partial charge >= 0.3 is 5.97 Å². The predicted octanol–water partition coefficient (Wildman–Crippen LogP) is 3.80. The van der Waals surface area contributed by atoms with Gasteiger partial charge < -0.3 is 19.8 Å². The topological polar surface area (TPSA) is 76.2 Å². The molecule has 0 amide bonds. The zero-order valence-corrected chi connectivity index (χ0v) is 15.7. The third kappa shape index (κ3) is 5.23. The molecule has 1 aromatic carbocycles. The van der Waals surface area contributed by atoms with E-state index in [1.807, 2.05) is 43.3 Å². The molecule has 2 heterocycles. The lowest BCUT2D eigenvalue weighted by atomic mass is 10.1. The summed E-state index contributed by atoms with van der Waals surface area (Å²) in [5.41, 5.74) is 2.05. The fraction of sp³-hybridized carbons (Fsp3) is 0.333. The van der Waals surface area contributed by atoms with E-state index >= 15 is 0 Å². The second-order valence-electron chi connectivity index (χ2n) is 6.52. The van der Waals surface area contributed by atoms with Crippen LogP contribution in [-0.2, 0) is 16.0 Å². The fourth-order valence-corrected chi connectivity index (χ4v) is 2.93. The highest BCUT2D eigenvalue weighted by atomic mass is 16.5. The van der Waals surface area contributed by atoms with Gasteiger partial charge in [-0.3, -0.25) is 4.79 Å². The van der Waals surface area contributed by atoms with Crippen molar-refractivity contribution in [2.24, 2.45) is 5.92 Å². The van der Waals surface area contributed by atoms with Gasteiger partial charge in [-0.1, -0.05) is 13.0 Å². The van der Waals surface area contributed by atoms with Crippen LogP contribution in [0.15, 0.2) is 48.7 Å². The van der Waals surface area contributed by atoms with Crippen molar-refractivity contribution < 1.29 is 14.3 Å². The van der Waals surface area contributed by atoms with Crippen LogP contribution >= 0.6 is 0 Å². The Balaban J connectivity index is 1.49. The molecule has 6 nitrogen and oxygen atoms in total. The van der Waals surface area contributed by atoms with Crippen molar-refractivity contribution in [3.63, 3.8) is 0 Å². The van der Waals surface area contributed by atoms with Crippen molar-refractivity contribution in [2.45, 2.75) is 19.8 Å². The number of nitrogens with one attached hydrogen (secondary N) is 2.